The van der Waals surface area contributed by atoms with E-state index in [9.17, 15) is 18.3 Å². The zero-order chi connectivity index (χ0) is 29.3. The van der Waals surface area contributed by atoms with Gasteiger partial charge in [-0.05, 0) is 50.8 Å². The van der Waals surface area contributed by atoms with Crippen LogP contribution in [0.2, 0.25) is 5.02 Å². The van der Waals surface area contributed by atoms with Gasteiger partial charge in [0.25, 0.3) is 5.91 Å². The second-order valence-electron chi connectivity index (χ2n) is 10.7. The molecule has 2 fully saturated rings. The van der Waals surface area contributed by atoms with Crippen molar-refractivity contribution in [3.05, 3.63) is 46.6 Å². The molecule has 2 aliphatic rings. The van der Waals surface area contributed by atoms with Gasteiger partial charge in [0.1, 0.15) is 11.6 Å². The molecule has 4 heterocycles. The number of likely N-dealkylation sites (N-methyl/N-ethyl adjacent to an activating group) is 1. The van der Waals surface area contributed by atoms with Crippen LogP contribution in [0.5, 0.6) is 0 Å². The molecule has 2 atom stereocenters. The first kappa shape index (κ1) is 29.4. The molecule has 1 amide bonds. The van der Waals surface area contributed by atoms with Gasteiger partial charge < -0.3 is 25.5 Å². The molecule has 2 aromatic heterocycles. The number of aromatic nitrogens is 3. The maximum Gasteiger partial charge on any atom is 0.256 e. The molecule has 0 aliphatic carbocycles. The van der Waals surface area contributed by atoms with E-state index in [-0.39, 0.29) is 29.7 Å². The third kappa shape index (κ3) is 6.37. The maximum atomic E-state index is 14.0. The number of benzene rings is 1. The number of nitrogens with zero attached hydrogens (tertiary/aromatic N) is 6. The van der Waals surface area contributed by atoms with E-state index in [1.54, 1.807) is 15.5 Å². The third-order valence-electron chi connectivity index (χ3n) is 7.62. The second-order valence-corrected chi connectivity index (χ2v) is 12.8. The number of rotatable bonds is 10. The van der Waals surface area contributed by atoms with Crippen molar-refractivity contribution in [2.75, 3.05) is 60.0 Å². The van der Waals surface area contributed by atoms with Gasteiger partial charge in [0, 0.05) is 56.4 Å². The second kappa shape index (κ2) is 12.0. The summed E-state index contributed by atoms with van der Waals surface area (Å²) >= 11 is 6.24. The highest BCUT2D eigenvalue weighted by Gasteiger charge is 2.33. The highest BCUT2D eigenvalue weighted by Crippen LogP contribution is 2.35. The Morgan fingerprint density at radius 2 is 2.00 bits per heavy atom. The van der Waals surface area contributed by atoms with Crippen LogP contribution in [0.25, 0.3) is 5.65 Å². The molecule has 3 aromatic rings. The number of hydrogen-bond acceptors (Lipinski definition) is 9. The number of fused-ring (bicyclic) bond motifs is 1. The third-order valence-corrected chi connectivity index (χ3v) is 8.44. The van der Waals surface area contributed by atoms with Crippen molar-refractivity contribution in [3.8, 4) is 0 Å². The summed E-state index contributed by atoms with van der Waals surface area (Å²) in [7, 11) is -3.62. The first-order chi connectivity index (χ1) is 19.6. The van der Waals surface area contributed by atoms with Gasteiger partial charge in [-0.3, -0.25) is 9.52 Å². The molecule has 5 rings (SSSR count). The molecule has 1 aromatic carbocycles. The summed E-state index contributed by atoms with van der Waals surface area (Å²) in [6, 6.07) is 8.12. The fourth-order valence-electron chi connectivity index (χ4n) is 5.39. The molecular formula is C27H37ClN8O4S. The molecule has 2 unspecified atom stereocenters. The predicted octanol–water partition coefficient (Wildman–Crippen LogP) is 2.48. The van der Waals surface area contributed by atoms with Crippen molar-refractivity contribution in [1.29, 1.82) is 0 Å². The number of aliphatic hydroxyl groups is 1. The molecular weight excluding hydrogens is 568 g/mol. The van der Waals surface area contributed by atoms with Crippen LogP contribution < -0.4 is 20.3 Å². The standard InChI is InChI=1S/C27H37ClN8O4S/c1-3-33(17-19(37)16-29)26-15-24(34-10-6-11-34)30-25-14-22(31-36(25)26)23-7-4-5-12-35(23)27(38)20-13-18(28)8-9-21(20)32-41(2,39)40/h8-9,13-15,19,23,32,37H,3-7,10-12,16-17,29H2,1-2H3. The highest BCUT2D eigenvalue weighted by molar-refractivity contribution is 7.92. The molecule has 2 aliphatic heterocycles. The topological polar surface area (TPSA) is 149 Å². The molecule has 222 valence electrons. The van der Waals surface area contributed by atoms with E-state index in [2.05, 4.69) is 9.62 Å². The van der Waals surface area contributed by atoms with Crippen LogP contribution in [0.4, 0.5) is 17.3 Å². The van der Waals surface area contributed by atoms with Crippen molar-refractivity contribution >= 4 is 50.5 Å². The smallest absolute Gasteiger partial charge is 0.256 e. The maximum absolute atomic E-state index is 14.0. The number of anilines is 3. The van der Waals surface area contributed by atoms with Gasteiger partial charge in [0.15, 0.2) is 5.65 Å². The largest absolute Gasteiger partial charge is 0.390 e. The van der Waals surface area contributed by atoms with Crippen molar-refractivity contribution in [2.45, 2.75) is 44.8 Å². The summed E-state index contributed by atoms with van der Waals surface area (Å²) in [5, 5.41) is 15.6. The normalized spacial score (nSPS) is 18.3. The van der Waals surface area contributed by atoms with E-state index in [0.29, 0.717) is 42.4 Å². The average molecular weight is 605 g/mol. The van der Waals surface area contributed by atoms with Crippen molar-refractivity contribution < 1.29 is 18.3 Å². The molecule has 0 spiro atoms. The summed E-state index contributed by atoms with van der Waals surface area (Å²) < 4.78 is 28.2. The number of nitrogens with two attached hydrogens (primary N) is 1. The van der Waals surface area contributed by atoms with E-state index in [0.717, 1.165) is 50.2 Å². The van der Waals surface area contributed by atoms with Gasteiger partial charge in [-0.25, -0.2) is 13.4 Å². The fourth-order valence-corrected chi connectivity index (χ4v) is 6.14. The fraction of sp³-hybridized carbons (Fsp3) is 0.519. The minimum absolute atomic E-state index is 0.146. The summed E-state index contributed by atoms with van der Waals surface area (Å²) in [5.74, 6) is 1.32. The van der Waals surface area contributed by atoms with E-state index < -0.39 is 16.1 Å². The van der Waals surface area contributed by atoms with Crippen LogP contribution in [-0.2, 0) is 10.0 Å². The number of piperidine rings is 1. The van der Waals surface area contributed by atoms with Gasteiger partial charge >= 0.3 is 0 Å². The zero-order valence-electron chi connectivity index (χ0n) is 23.3. The Balaban J connectivity index is 1.55. The average Bonchev–Trinajstić information content (AvgIpc) is 3.34. The summed E-state index contributed by atoms with van der Waals surface area (Å²) in [5.41, 5.74) is 7.44. The first-order valence-electron chi connectivity index (χ1n) is 13.9. The number of carbonyl (C=O) groups excluding carboxylic acids is 1. The molecule has 0 bridgehead atoms. The number of sulfonamides is 1. The van der Waals surface area contributed by atoms with Crippen LogP contribution in [0.3, 0.4) is 0 Å². The lowest BCUT2D eigenvalue weighted by atomic mass is 9.98. The van der Waals surface area contributed by atoms with Crippen molar-refractivity contribution in [2.24, 2.45) is 5.73 Å². The molecule has 12 nitrogen and oxygen atoms in total. The molecule has 41 heavy (non-hydrogen) atoms. The number of carbonyl (C=O) groups is 1. The lowest BCUT2D eigenvalue weighted by molar-refractivity contribution is 0.0607. The Kier molecular flexibility index (Phi) is 8.60. The van der Waals surface area contributed by atoms with E-state index in [1.165, 1.54) is 12.1 Å². The van der Waals surface area contributed by atoms with Gasteiger partial charge in [-0.15, -0.1) is 0 Å². The lowest BCUT2D eigenvalue weighted by Crippen LogP contribution is -2.40. The SMILES string of the molecule is CCN(CC(O)CN)c1cc(N2CCC2)nc2cc(C3CCCCN3C(=O)c3cc(Cl)ccc3NS(C)(=O)=O)nn12. The zero-order valence-corrected chi connectivity index (χ0v) is 24.9. The number of hydrogen-bond donors (Lipinski definition) is 3. The molecule has 2 saturated heterocycles. The van der Waals surface area contributed by atoms with E-state index >= 15 is 0 Å². The van der Waals surface area contributed by atoms with Gasteiger partial charge in [0.05, 0.1) is 35.3 Å². The number of nitrogens with one attached hydrogen (secondary N) is 1. The first-order valence-corrected chi connectivity index (χ1v) is 16.2. The van der Waals surface area contributed by atoms with Crippen LogP contribution in [-0.4, -0.2) is 90.6 Å². The van der Waals surface area contributed by atoms with E-state index in [1.807, 2.05) is 24.0 Å². The van der Waals surface area contributed by atoms with Gasteiger partial charge in [-0.2, -0.15) is 9.61 Å². The van der Waals surface area contributed by atoms with Crippen LogP contribution in [0.15, 0.2) is 30.3 Å². The summed E-state index contributed by atoms with van der Waals surface area (Å²) in [6.45, 7) is 5.48. The quantitative estimate of drug-likeness (QED) is 0.317. The summed E-state index contributed by atoms with van der Waals surface area (Å²) in [6.07, 6.45) is 3.88. The number of amides is 1. The van der Waals surface area contributed by atoms with E-state index in [4.69, 9.17) is 27.4 Å². The predicted molar refractivity (Wildman–Crippen MR) is 160 cm³/mol. The van der Waals surface area contributed by atoms with Gasteiger partial charge in [0.2, 0.25) is 10.0 Å². The minimum atomic E-state index is -3.62. The highest BCUT2D eigenvalue weighted by atomic mass is 35.5. The summed E-state index contributed by atoms with van der Waals surface area (Å²) in [4.78, 5) is 24.8. The molecule has 14 heteroatoms. The Morgan fingerprint density at radius 3 is 2.66 bits per heavy atom. The number of halogens is 1. The Morgan fingerprint density at radius 1 is 1.22 bits per heavy atom. The monoisotopic (exact) mass is 604 g/mol. The Bertz CT molecular complexity index is 1530. The van der Waals surface area contributed by atoms with Crippen LogP contribution in [0, 0.1) is 0 Å². The Labute approximate surface area is 245 Å². The number of likely N-dealkylation sites (tertiary alicyclic amines) is 1. The molecule has 0 radical (unpaired) electrons. The molecule has 4 N–H and O–H groups in total. The minimum Gasteiger partial charge on any atom is -0.390 e. The lowest BCUT2D eigenvalue weighted by Gasteiger charge is -2.35. The van der Waals surface area contributed by atoms with Crippen LogP contribution >= 0.6 is 11.6 Å². The van der Waals surface area contributed by atoms with Crippen molar-refractivity contribution in [1.82, 2.24) is 19.5 Å². The molecule has 0 saturated carbocycles. The number of aliphatic hydroxyl groups excluding tert-OH is 1. The van der Waals surface area contributed by atoms with Gasteiger partial charge in [-0.1, -0.05) is 11.6 Å². The Hall–Kier alpha value is -3.13. The van der Waals surface area contributed by atoms with Crippen molar-refractivity contribution in [3.63, 3.8) is 0 Å². The van der Waals surface area contributed by atoms with Crippen LogP contribution in [0.1, 0.15) is 54.7 Å².